The van der Waals surface area contributed by atoms with Gasteiger partial charge in [-0.25, -0.2) is 4.79 Å². The van der Waals surface area contributed by atoms with E-state index in [-0.39, 0.29) is 11.8 Å². The Labute approximate surface area is 129 Å². The molecule has 120 valence electrons. The molecule has 1 heterocycles. The van der Waals surface area contributed by atoms with E-state index in [4.69, 9.17) is 4.74 Å². The standard InChI is InChI=1S/C15H21N3O4/c1-2-3-11-22-15(19)17-9-7-16(8-10-17)13-5-4-6-14(12-13)18(20)21/h4-6,12H,2-3,7-11H2,1H3. The summed E-state index contributed by atoms with van der Waals surface area (Å²) in [5, 5.41) is 10.8. The van der Waals surface area contributed by atoms with E-state index < -0.39 is 4.92 Å². The summed E-state index contributed by atoms with van der Waals surface area (Å²) in [5.74, 6) is 0. The molecule has 1 aromatic rings. The molecule has 7 nitrogen and oxygen atoms in total. The average molecular weight is 307 g/mol. The molecule has 7 heteroatoms. The zero-order chi connectivity index (χ0) is 15.9. The van der Waals surface area contributed by atoms with Crippen LogP contribution in [-0.4, -0.2) is 48.7 Å². The number of benzene rings is 1. The minimum atomic E-state index is -0.398. The van der Waals surface area contributed by atoms with Gasteiger partial charge < -0.3 is 14.5 Å². The van der Waals surface area contributed by atoms with Crippen LogP contribution in [0, 0.1) is 10.1 Å². The second-order valence-corrected chi connectivity index (χ2v) is 5.22. The smallest absolute Gasteiger partial charge is 0.409 e. The molecule has 0 aliphatic carbocycles. The summed E-state index contributed by atoms with van der Waals surface area (Å²) in [6, 6.07) is 6.57. The lowest BCUT2D eigenvalue weighted by Gasteiger charge is -2.35. The highest BCUT2D eigenvalue weighted by atomic mass is 16.6. The summed E-state index contributed by atoms with van der Waals surface area (Å²) in [6.07, 6.45) is 1.60. The van der Waals surface area contributed by atoms with Crippen molar-refractivity contribution < 1.29 is 14.5 Å². The highest BCUT2D eigenvalue weighted by Gasteiger charge is 2.22. The number of ether oxygens (including phenoxy) is 1. The number of carbonyl (C=O) groups excluding carboxylic acids is 1. The number of hydrogen-bond acceptors (Lipinski definition) is 5. The van der Waals surface area contributed by atoms with Gasteiger partial charge in [-0.15, -0.1) is 0 Å². The van der Waals surface area contributed by atoms with Crippen molar-refractivity contribution in [2.45, 2.75) is 19.8 Å². The van der Waals surface area contributed by atoms with Crippen LogP contribution < -0.4 is 4.90 Å². The van der Waals surface area contributed by atoms with E-state index in [1.165, 1.54) is 6.07 Å². The number of nitrogens with zero attached hydrogens (tertiary/aromatic N) is 3. The lowest BCUT2D eigenvalue weighted by atomic mass is 10.2. The molecule has 0 saturated carbocycles. The van der Waals surface area contributed by atoms with E-state index in [1.54, 1.807) is 17.0 Å². The minimum absolute atomic E-state index is 0.0823. The summed E-state index contributed by atoms with van der Waals surface area (Å²) in [4.78, 5) is 26.0. The fourth-order valence-corrected chi connectivity index (χ4v) is 2.35. The number of carbonyl (C=O) groups is 1. The first-order valence-electron chi connectivity index (χ1n) is 7.53. The Bertz CT molecular complexity index is 527. The molecule has 1 amide bonds. The Balaban J connectivity index is 1.88. The average Bonchev–Trinajstić information content (AvgIpc) is 2.55. The van der Waals surface area contributed by atoms with E-state index in [0.717, 1.165) is 18.5 Å². The summed E-state index contributed by atoms with van der Waals surface area (Å²) in [6.45, 7) is 4.92. The van der Waals surface area contributed by atoms with Crippen LogP contribution in [0.4, 0.5) is 16.2 Å². The molecule has 1 saturated heterocycles. The Morgan fingerprint density at radius 2 is 2.05 bits per heavy atom. The van der Waals surface area contributed by atoms with Crippen LogP contribution >= 0.6 is 0 Å². The van der Waals surface area contributed by atoms with Gasteiger partial charge in [0.15, 0.2) is 0 Å². The molecule has 2 rings (SSSR count). The van der Waals surface area contributed by atoms with Crippen molar-refractivity contribution in [3.8, 4) is 0 Å². The van der Waals surface area contributed by atoms with E-state index in [9.17, 15) is 14.9 Å². The van der Waals surface area contributed by atoms with E-state index in [1.807, 2.05) is 17.9 Å². The fourth-order valence-electron chi connectivity index (χ4n) is 2.35. The highest BCUT2D eigenvalue weighted by Crippen LogP contribution is 2.22. The molecule has 1 aromatic carbocycles. The van der Waals surface area contributed by atoms with Crippen molar-refractivity contribution in [1.82, 2.24) is 4.90 Å². The summed E-state index contributed by atoms with van der Waals surface area (Å²) < 4.78 is 5.19. The van der Waals surface area contributed by atoms with Gasteiger partial charge in [-0.1, -0.05) is 19.4 Å². The summed E-state index contributed by atoms with van der Waals surface area (Å²) in [7, 11) is 0. The third-order valence-corrected chi connectivity index (χ3v) is 3.67. The Morgan fingerprint density at radius 1 is 1.32 bits per heavy atom. The Morgan fingerprint density at radius 3 is 2.68 bits per heavy atom. The second-order valence-electron chi connectivity index (χ2n) is 5.22. The van der Waals surface area contributed by atoms with Gasteiger partial charge in [-0.2, -0.15) is 0 Å². The van der Waals surface area contributed by atoms with E-state index >= 15 is 0 Å². The Hall–Kier alpha value is -2.31. The van der Waals surface area contributed by atoms with Gasteiger partial charge >= 0.3 is 6.09 Å². The second kappa shape index (κ2) is 7.63. The molecular formula is C15H21N3O4. The van der Waals surface area contributed by atoms with Crippen LogP contribution in [-0.2, 0) is 4.74 Å². The third-order valence-electron chi connectivity index (χ3n) is 3.67. The largest absolute Gasteiger partial charge is 0.449 e. The maximum Gasteiger partial charge on any atom is 0.409 e. The minimum Gasteiger partial charge on any atom is -0.449 e. The van der Waals surface area contributed by atoms with Crippen molar-refractivity contribution in [2.24, 2.45) is 0 Å². The van der Waals surface area contributed by atoms with Gasteiger partial charge in [0.2, 0.25) is 0 Å². The maximum atomic E-state index is 11.9. The van der Waals surface area contributed by atoms with Crippen LogP contribution in [0.1, 0.15) is 19.8 Å². The number of nitro benzene ring substituents is 1. The lowest BCUT2D eigenvalue weighted by molar-refractivity contribution is -0.384. The highest BCUT2D eigenvalue weighted by molar-refractivity contribution is 5.68. The molecule has 0 bridgehead atoms. The number of hydrogen-bond donors (Lipinski definition) is 0. The van der Waals surface area contributed by atoms with Crippen LogP contribution in [0.5, 0.6) is 0 Å². The third kappa shape index (κ3) is 4.09. The van der Waals surface area contributed by atoms with E-state index in [0.29, 0.717) is 32.8 Å². The molecule has 0 radical (unpaired) electrons. The van der Waals surface area contributed by atoms with Crippen LogP contribution in [0.15, 0.2) is 24.3 Å². The predicted octanol–water partition coefficient (Wildman–Crippen LogP) is 2.65. The molecule has 0 unspecified atom stereocenters. The van der Waals surface area contributed by atoms with E-state index in [2.05, 4.69) is 0 Å². The molecule has 0 spiro atoms. The number of unbranched alkanes of at least 4 members (excludes halogenated alkanes) is 1. The van der Waals surface area contributed by atoms with Crippen molar-refractivity contribution in [1.29, 1.82) is 0 Å². The topological polar surface area (TPSA) is 75.9 Å². The van der Waals surface area contributed by atoms with Gasteiger partial charge in [0, 0.05) is 44.0 Å². The zero-order valence-corrected chi connectivity index (χ0v) is 12.7. The van der Waals surface area contributed by atoms with Crippen molar-refractivity contribution in [3.63, 3.8) is 0 Å². The van der Waals surface area contributed by atoms with Gasteiger partial charge in [0.1, 0.15) is 0 Å². The van der Waals surface area contributed by atoms with Gasteiger partial charge in [0.25, 0.3) is 5.69 Å². The number of anilines is 1. The fraction of sp³-hybridized carbons (Fsp3) is 0.533. The monoisotopic (exact) mass is 307 g/mol. The molecule has 1 aliphatic heterocycles. The number of nitro groups is 1. The molecular weight excluding hydrogens is 286 g/mol. The first-order valence-corrected chi connectivity index (χ1v) is 7.53. The lowest BCUT2D eigenvalue weighted by Crippen LogP contribution is -2.49. The number of rotatable bonds is 5. The SMILES string of the molecule is CCCCOC(=O)N1CCN(c2cccc([N+](=O)[O-])c2)CC1. The summed E-state index contributed by atoms with van der Waals surface area (Å²) >= 11 is 0. The molecule has 0 atom stereocenters. The predicted molar refractivity (Wildman–Crippen MR) is 83.1 cm³/mol. The summed E-state index contributed by atoms with van der Waals surface area (Å²) in [5.41, 5.74) is 0.895. The molecule has 0 N–H and O–H groups in total. The van der Waals surface area contributed by atoms with Crippen molar-refractivity contribution in [3.05, 3.63) is 34.4 Å². The van der Waals surface area contributed by atoms with Crippen LogP contribution in [0.25, 0.3) is 0 Å². The zero-order valence-electron chi connectivity index (χ0n) is 12.7. The van der Waals surface area contributed by atoms with Crippen LogP contribution in [0.2, 0.25) is 0 Å². The maximum absolute atomic E-state index is 11.9. The number of non-ortho nitro benzene ring substituents is 1. The molecule has 0 aromatic heterocycles. The van der Waals surface area contributed by atoms with Crippen molar-refractivity contribution in [2.75, 3.05) is 37.7 Å². The number of piperazine rings is 1. The van der Waals surface area contributed by atoms with Gasteiger partial charge in [-0.05, 0) is 12.5 Å². The van der Waals surface area contributed by atoms with Gasteiger partial charge in [0.05, 0.1) is 11.5 Å². The Kier molecular flexibility index (Phi) is 5.57. The quantitative estimate of drug-likeness (QED) is 0.475. The van der Waals surface area contributed by atoms with Crippen LogP contribution in [0.3, 0.4) is 0 Å². The van der Waals surface area contributed by atoms with Crippen molar-refractivity contribution >= 4 is 17.5 Å². The normalized spacial score (nSPS) is 14.8. The first-order chi connectivity index (χ1) is 10.6. The first kappa shape index (κ1) is 16.1. The molecule has 22 heavy (non-hydrogen) atoms. The van der Waals surface area contributed by atoms with Gasteiger partial charge in [-0.3, -0.25) is 10.1 Å². The molecule has 1 aliphatic rings. The molecule has 1 fully saturated rings. The number of amides is 1.